The van der Waals surface area contributed by atoms with E-state index < -0.39 is 17.6 Å². The number of nitrogens with zero attached hydrogens (tertiary/aromatic N) is 1. The fourth-order valence-corrected chi connectivity index (χ4v) is 1.93. The molecule has 0 unspecified atom stereocenters. The summed E-state index contributed by atoms with van der Waals surface area (Å²) in [5.41, 5.74) is -0.706. The summed E-state index contributed by atoms with van der Waals surface area (Å²) in [6.07, 6.45) is -4.46. The fourth-order valence-electron chi connectivity index (χ4n) is 1.93. The van der Waals surface area contributed by atoms with E-state index in [1.807, 2.05) is 0 Å². The molecule has 0 aromatic heterocycles. The Morgan fingerprint density at radius 3 is 2.41 bits per heavy atom. The Hall–Kier alpha value is -2.05. The molecule has 0 aliphatic heterocycles. The van der Waals surface area contributed by atoms with E-state index >= 15 is 0 Å². The molecule has 22 heavy (non-hydrogen) atoms. The first-order valence-corrected chi connectivity index (χ1v) is 6.86. The second-order valence-corrected chi connectivity index (χ2v) is 5.19. The average molecular weight is 316 g/mol. The van der Waals surface area contributed by atoms with Gasteiger partial charge >= 0.3 is 6.18 Å². The van der Waals surface area contributed by atoms with Gasteiger partial charge in [0.15, 0.2) is 0 Å². The van der Waals surface area contributed by atoms with Gasteiger partial charge in [-0.15, -0.1) is 0 Å². The third kappa shape index (κ3) is 5.38. The highest BCUT2D eigenvalue weighted by Gasteiger charge is 2.31. The van der Waals surface area contributed by atoms with Crippen molar-refractivity contribution in [2.24, 2.45) is 0 Å². The lowest BCUT2D eigenvalue weighted by Crippen LogP contribution is -2.36. The summed E-state index contributed by atoms with van der Waals surface area (Å²) < 4.78 is 38.2. The van der Waals surface area contributed by atoms with Crippen LogP contribution in [0.1, 0.15) is 32.8 Å². The Bertz CT molecular complexity index is 542. The van der Waals surface area contributed by atoms with Crippen LogP contribution in [0.2, 0.25) is 0 Å². The minimum atomic E-state index is -4.48. The van der Waals surface area contributed by atoms with E-state index in [9.17, 15) is 22.8 Å². The van der Waals surface area contributed by atoms with E-state index in [2.05, 4.69) is 5.32 Å². The molecule has 0 aliphatic carbocycles. The summed E-state index contributed by atoms with van der Waals surface area (Å²) in [6, 6.07) is 4.46. The third-order valence-corrected chi connectivity index (χ3v) is 2.88. The van der Waals surface area contributed by atoms with Crippen LogP contribution in [0.25, 0.3) is 0 Å². The Balaban J connectivity index is 2.88. The summed E-state index contributed by atoms with van der Waals surface area (Å²) in [6.45, 7) is 4.87. The Labute approximate surface area is 127 Å². The summed E-state index contributed by atoms with van der Waals surface area (Å²) in [5, 5.41) is 2.67. The van der Waals surface area contributed by atoms with Gasteiger partial charge in [-0.25, -0.2) is 0 Å². The van der Waals surface area contributed by atoms with Gasteiger partial charge in [0.05, 0.1) is 5.56 Å². The molecule has 0 radical (unpaired) electrons. The van der Waals surface area contributed by atoms with Crippen LogP contribution in [0.5, 0.6) is 0 Å². The number of hydrogen-bond acceptors (Lipinski definition) is 2. The molecule has 0 atom stereocenters. The number of anilines is 1. The first-order valence-electron chi connectivity index (χ1n) is 6.86. The van der Waals surface area contributed by atoms with E-state index in [0.29, 0.717) is 0 Å². The summed E-state index contributed by atoms with van der Waals surface area (Å²) in [4.78, 5) is 24.4. The number of alkyl halides is 3. The maximum absolute atomic E-state index is 12.7. The minimum Gasteiger partial charge on any atom is -0.354 e. The van der Waals surface area contributed by atoms with E-state index in [4.69, 9.17) is 0 Å². The molecule has 1 aromatic carbocycles. The van der Waals surface area contributed by atoms with E-state index in [1.165, 1.54) is 19.1 Å². The van der Waals surface area contributed by atoms with Crippen LogP contribution in [0.15, 0.2) is 24.3 Å². The normalized spacial score (nSPS) is 11.4. The lowest BCUT2D eigenvalue weighted by Gasteiger charge is -2.22. The SMILES string of the molecule is CC(=O)N(CCC(=O)NC(C)C)c1cccc(C(F)(F)F)c1. The van der Waals surface area contributed by atoms with E-state index in [-0.39, 0.29) is 30.6 Å². The molecule has 2 amide bonds. The number of halogens is 3. The molecule has 0 fully saturated rings. The zero-order chi connectivity index (χ0) is 16.9. The van der Waals surface area contributed by atoms with Crippen molar-refractivity contribution in [1.29, 1.82) is 0 Å². The number of rotatable bonds is 5. The van der Waals surface area contributed by atoms with Crippen molar-refractivity contribution in [2.45, 2.75) is 39.4 Å². The Morgan fingerprint density at radius 1 is 1.27 bits per heavy atom. The van der Waals surface area contributed by atoms with Gasteiger partial charge < -0.3 is 10.2 Å². The van der Waals surface area contributed by atoms with Crippen LogP contribution < -0.4 is 10.2 Å². The molecular weight excluding hydrogens is 297 g/mol. The van der Waals surface area contributed by atoms with Crippen LogP contribution in [-0.4, -0.2) is 24.4 Å². The van der Waals surface area contributed by atoms with Gasteiger partial charge in [-0.1, -0.05) is 6.07 Å². The smallest absolute Gasteiger partial charge is 0.354 e. The fraction of sp³-hybridized carbons (Fsp3) is 0.467. The topological polar surface area (TPSA) is 49.4 Å². The highest BCUT2D eigenvalue weighted by Crippen LogP contribution is 2.31. The summed E-state index contributed by atoms with van der Waals surface area (Å²) >= 11 is 0. The van der Waals surface area contributed by atoms with Crippen LogP contribution in [-0.2, 0) is 15.8 Å². The van der Waals surface area contributed by atoms with Gasteiger partial charge in [0.2, 0.25) is 11.8 Å². The first-order chi connectivity index (χ1) is 10.1. The van der Waals surface area contributed by atoms with Crippen molar-refractivity contribution in [1.82, 2.24) is 5.32 Å². The number of carbonyl (C=O) groups excluding carboxylic acids is 2. The lowest BCUT2D eigenvalue weighted by atomic mass is 10.1. The molecule has 0 saturated heterocycles. The highest BCUT2D eigenvalue weighted by molar-refractivity contribution is 5.92. The van der Waals surface area contributed by atoms with Gasteiger partial charge in [0, 0.05) is 31.6 Å². The number of hydrogen-bond donors (Lipinski definition) is 1. The van der Waals surface area contributed by atoms with Gasteiger partial charge in [-0.05, 0) is 32.0 Å². The van der Waals surface area contributed by atoms with E-state index in [1.54, 1.807) is 13.8 Å². The zero-order valence-corrected chi connectivity index (χ0v) is 12.7. The molecule has 1 aromatic rings. The molecule has 0 aliphatic rings. The second kappa shape index (κ2) is 7.29. The Kier molecular flexibility index (Phi) is 5.96. The standard InChI is InChI=1S/C15H19F3N2O2/c1-10(2)19-14(22)7-8-20(11(3)21)13-6-4-5-12(9-13)15(16,17)18/h4-6,9-10H,7-8H2,1-3H3,(H,19,22). The molecule has 7 heteroatoms. The Morgan fingerprint density at radius 2 is 1.91 bits per heavy atom. The first kappa shape index (κ1) is 18.0. The number of benzene rings is 1. The predicted molar refractivity (Wildman–Crippen MR) is 77.4 cm³/mol. The van der Waals surface area contributed by atoms with E-state index in [0.717, 1.165) is 17.0 Å². The van der Waals surface area contributed by atoms with Crippen molar-refractivity contribution in [3.63, 3.8) is 0 Å². The summed E-state index contributed by atoms with van der Waals surface area (Å²) in [7, 11) is 0. The van der Waals surface area contributed by atoms with Crippen LogP contribution in [0.4, 0.5) is 18.9 Å². The molecule has 4 nitrogen and oxygen atoms in total. The number of nitrogens with one attached hydrogen (secondary N) is 1. The number of amides is 2. The van der Waals surface area contributed by atoms with Crippen LogP contribution >= 0.6 is 0 Å². The average Bonchev–Trinajstić information content (AvgIpc) is 2.37. The highest BCUT2D eigenvalue weighted by atomic mass is 19.4. The van der Waals surface area contributed by atoms with Crippen molar-refractivity contribution >= 4 is 17.5 Å². The second-order valence-electron chi connectivity index (χ2n) is 5.19. The molecule has 0 bridgehead atoms. The molecule has 1 N–H and O–H groups in total. The predicted octanol–water partition coefficient (Wildman–Crippen LogP) is 2.97. The summed E-state index contributed by atoms with van der Waals surface area (Å²) in [5.74, 6) is -0.676. The molecule has 0 heterocycles. The van der Waals surface area contributed by atoms with Crippen molar-refractivity contribution in [3.8, 4) is 0 Å². The largest absolute Gasteiger partial charge is 0.416 e. The monoisotopic (exact) mass is 316 g/mol. The van der Waals surface area contributed by atoms with Crippen molar-refractivity contribution < 1.29 is 22.8 Å². The molecule has 122 valence electrons. The quantitative estimate of drug-likeness (QED) is 0.908. The van der Waals surface area contributed by atoms with Crippen LogP contribution in [0, 0.1) is 0 Å². The molecule has 0 saturated carbocycles. The molecular formula is C15H19F3N2O2. The molecule has 1 rings (SSSR count). The maximum atomic E-state index is 12.7. The minimum absolute atomic E-state index is 0.0218. The zero-order valence-electron chi connectivity index (χ0n) is 12.7. The van der Waals surface area contributed by atoms with Gasteiger partial charge in [0.1, 0.15) is 0 Å². The lowest BCUT2D eigenvalue weighted by molar-refractivity contribution is -0.137. The van der Waals surface area contributed by atoms with Crippen molar-refractivity contribution in [3.05, 3.63) is 29.8 Å². The molecule has 0 spiro atoms. The number of carbonyl (C=O) groups is 2. The van der Waals surface area contributed by atoms with Gasteiger partial charge in [0.25, 0.3) is 0 Å². The van der Waals surface area contributed by atoms with Crippen LogP contribution in [0.3, 0.4) is 0 Å². The van der Waals surface area contributed by atoms with Gasteiger partial charge in [-0.2, -0.15) is 13.2 Å². The van der Waals surface area contributed by atoms with Gasteiger partial charge in [-0.3, -0.25) is 9.59 Å². The van der Waals surface area contributed by atoms with Crippen molar-refractivity contribution in [2.75, 3.05) is 11.4 Å². The maximum Gasteiger partial charge on any atom is 0.416 e. The third-order valence-electron chi connectivity index (χ3n) is 2.88.